The van der Waals surface area contributed by atoms with Gasteiger partial charge in [0.05, 0.1) is 41.6 Å². The van der Waals surface area contributed by atoms with Crippen molar-refractivity contribution >= 4 is 46.2 Å². The predicted molar refractivity (Wildman–Crippen MR) is 249 cm³/mol. The van der Waals surface area contributed by atoms with Crippen molar-refractivity contribution in [2.75, 3.05) is 6.61 Å². The maximum Gasteiger partial charge on any atom is 0.338 e. The Labute approximate surface area is 389 Å². The largest absolute Gasteiger partial charge is 0.457 e. The average molecular weight is 938 g/mol. The number of ether oxygens (including phenoxy) is 4. The number of carbonyl (C=O) groups excluding carboxylic acids is 5. The van der Waals surface area contributed by atoms with Crippen molar-refractivity contribution < 1.29 is 56.9 Å². The molecule has 2 heterocycles. The third-order valence-corrected chi connectivity index (χ3v) is 23.8. The Kier molecular flexibility index (Phi) is 12.3. The molecule has 3 aromatic rings. The van der Waals surface area contributed by atoms with Crippen LogP contribution in [0.2, 0.25) is 31.9 Å². The summed E-state index contributed by atoms with van der Waals surface area (Å²) in [7, 11) is -5.49. The second kappa shape index (κ2) is 17.1. The van der Waals surface area contributed by atoms with Crippen molar-refractivity contribution in [1.29, 1.82) is 0 Å². The molecule has 15 heteroatoms. The molecule has 2 unspecified atom stereocenters. The molecule has 2 saturated heterocycles. The molecule has 5 aliphatic rings. The topological polar surface area (TPSA) is 173 Å². The zero-order valence-corrected chi connectivity index (χ0v) is 41.5. The first-order chi connectivity index (χ1) is 31.0. The van der Waals surface area contributed by atoms with Gasteiger partial charge in [-0.25, -0.2) is 4.79 Å². The van der Waals surface area contributed by atoms with Crippen LogP contribution >= 0.6 is 0 Å². The van der Waals surface area contributed by atoms with Gasteiger partial charge in [0.15, 0.2) is 28.0 Å². The van der Waals surface area contributed by atoms with Crippen LogP contribution in [0.1, 0.15) is 86.7 Å². The molecule has 11 atom stereocenters. The molecule has 3 aromatic carbocycles. The van der Waals surface area contributed by atoms with Crippen molar-refractivity contribution in [3.8, 4) is 0 Å². The van der Waals surface area contributed by atoms with E-state index in [1.807, 2.05) is 50.2 Å². The minimum atomic E-state index is -2.82. The second-order valence-corrected chi connectivity index (χ2v) is 29.9. The lowest BCUT2D eigenvalue weighted by Gasteiger charge is -2.68. The third-order valence-electron chi connectivity index (χ3n) is 15.2. The number of hydrogen-bond donors (Lipinski definition) is 2. The van der Waals surface area contributed by atoms with Crippen molar-refractivity contribution in [2.45, 2.75) is 134 Å². The smallest absolute Gasteiger partial charge is 0.338 e. The molecule has 0 radical (unpaired) electrons. The van der Waals surface area contributed by atoms with E-state index < -0.39 is 105 Å². The van der Waals surface area contributed by atoms with E-state index in [9.17, 15) is 24.3 Å². The Morgan fingerprint density at radius 2 is 1.39 bits per heavy atom. The van der Waals surface area contributed by atoms with Crippen molar-refractivity contribution in [2.24, 2.45) is 22.7 Å². The van der Waals surface area contributed by atoms with E-state index >= 15 is 4.79 Å². The molecule has 8 rings (SSSR count). The second-order valence-electron chi connectivity index (χ2n) is 21.0. The van der Waals surface area contributed by atoms with Gasteiger partial charge in [0, 0.05) is 30.7 Å². The average Bonchev–Trinajstić information content (AvgIpc) is 3.27. The summed E-state index contributed by atoms with van der Waals surface area (Å²) in [5, 5.41) is 17.2. The first-order valence-electron chi connectivity index (χ1n) is 23.0. The molecular weight excluding hydrogens is 875 g/mol. The Morgan fingerprint density at radius 1 is 0.818 bits per heavy atom. The minimum absolute atomic E-state index is 0.132. The lowest BCUT2D eigenvalue weighted by Crippen LogP contribution is -2.82. The quantitative estimate of drug-likeness (QED) is 0.0941. The summed E-state index contributed by atoms with van der Waals surface area (Å²) in [4.78, 5) is 72.8. The van der Waals surface area contributed by atoms with E-state index in [-0.39, 0.29) is 36.7 Å². The first kappa shape index (κ1) is 47.7. The molecule has 2 N–H and O–H groups in total. The van der Waals surface area contributed by atoms with Gasteiger partial charge in [-0.3, -0.25) is 19.2 Å². The molecule has 0 spiro atoms. The molecule has 3 aliphatic carbocycles. The maximum atomic E-state index is 16.3. The zero-order chi connectivity index (χ0) is 47.8. The summed E-state index contributed by atoms with van der Waals surface area (Å²) in [6.07, 6.45) is -5.66. The van der Waals surface area contributed by atoms with E-state index in [4.69, 9.17) is 27.8 Å². The molecule has 1 amide bonds. The summed E-state index contributed by atoms with van der Waals surface area (Å²) < 4.78 is 40.4. The number of aliphatic hydroxyl groups is 1. The zero-order valence-electron chi connectivity index (χ0n) is 39.5. The standard InChI is InChI=1S/C51H63NO12Si2/c1-30-36(60-46(56)31(2)40(33-20-14-11-15-21-33)52-45(55)34-22-16-12-17-23-34)27-51(58)44(61-47(57)35-24-18-13-19-25-35)42-49(6)37(26-38-50(42,28-59-38)62-32(3)53)63-65(7,8)29-66(9,10)64-41(43(49)54)39(30)48(51,4)5/h11-25,31,36-38,40-42,44,58H,26-29H2,1-10H3,(H,52,55)/t31-,36+,37-,38+,40+,41+,42?,44?,49+,50+,51+/m0/s1. The van der Waals surface area contributed by atoms with E-state index in [0.29, 0.717) is 27.9 Å². The van der Waals surface area contributed by atoms with Crippen molar-refractivity contribution in [3.63, 3.8) is 0 Å². The van der Waals surface area contributed by atoms with Crippen molar-refractivity contribution in [1.82, 2.24) is 5.32 Å². The number of benzene rings is 3. The Balaban J connectivity index is 1.32. The molecular formula is C51H63NO12Si2. The molecule has 2 saturated carbocycles. The number of hydrogen-bond acceptors (Lipinski definition) is 12. The number of nitrogens with one attached hydrogen (secondary N) is 1. The summed E-state index contributed by atoms with van der Waals surface area (Å²) in [6, 6.07) is 25.4. The normalized spacial score (nSPS) is 33.6. The molecule has 2 aliphatic heterocycles. The van der Waals surface area contributed by atoms with E-state index in [0.717, 1.165) is 0 Å². The van der Waals surface area contributed by atoms with Gasteiger partial charge in [-0.1, -0.05) is 80.6 Å². The highest BCUT2D eigenvalue weighted by molar-refractivity contribution is 6.89. The van der Waals surface area contributed by atoms with Gasteiger partial charge in [-0.2, -0.15) is 0 Å². The Morgan fingerprint density at radius 3 is 1.97 bits per heavy atom. The van der Waals surface area contributed by atoms with Crippen LogP contribution in [0.3, 0.4) is 0 Å². The number of rotatable bonds is 9. The molecule has 4 bridgehead atoms. The highest BCUT2D eigenvalue weighted by Crippen LogP contribution is 2.65. The summed E-state index contributed by atoms with van der Waals surface area (Å²) >= 11 is 0. The first-order valence-corrected chi connectivity index (χ1v) is 29.2. The molecule has 13 nitrogen and oxygen atoms in total. The molecule has 4 fully saturated rings. The van der Waals surface area contributed by atoms with Gasteiger partial charge in [0.25, 0.3) is 5.91 Å². The Hall–Kier alpha value is -4.78. The summed E-state index contributed by atoms with van der Waals surface area (Å²) in [5.74, 6) is -5.02. The van der Waals surface area contributed by atoms with Crippen LogP contribution < -0.4 is 5.32 Å². The van der Waals surface area contributed by atoms with Crippen LogP contribution in [0.5, 0.6) is 0 Å². The monoisotopic (exact) mass is 937 g/mol. The van der Waals surface area contributed by atoms with Crippen LogP contribution in [0.25, 0.3) is 0 Å². The van der Waals surface area contributed by atoms with Crippen LogP contribution in [0, 0.1) is 22.7 Å². The number of fused-ring (bicyclic) bond motifs is 6. The molecule has 352 valence electrons. The van der Waals surface area contributed by atoms with Crippen LogP contribution in [0.4, 0.5) is 0 Å². The number of Topliss-reactive ketones (excluding diaryl/α,β-unsaturated/α-hetero) is 1. The predicted octanol–water partition coefficient (Wildman–Crippen LogP) is 7.45. The fourth-order valence-electron chi connectivity index (χ4n) is 12.2. The lowest BCUT2D eigenvalue weighted by atomic mass is 9.44. The van der Waals surface area contributed by atoms with Gasteiger partial charge in [-0.05, 0) is 93.6 Å². The van der Waals surface area contributed by atoms with Crippen LogP contribution in [0.15, 0.2) is 102 Å². The number of carbonyl (C=O) groups is 5. The van der Waals surface area contributed by atoms with Gasteiger partial charge in [0.1, 0.15) is 30.0 Å². The number of esters is 3. The van der Waals surface area contributed by atoms with Gasteiger partial charge < -0.3 is 38.2 Å². The van der Waals surface area contributed by atoms with Gasteiger partial charge in [0.2, 0.25) is 0 Å². The number of ketones is 1. The van der Waals surface area contributed by atoms with Gasteiger partial charge >= 0.3 is 17.9 Å². The van der Waals surface area contributed by atoms with Crippen LogP contribution in [-0.2, 0) is 42.2 Å². The number of amides is 1. The maximum absolute atomic E-state index is 16.3. The van der Waals surface area contributed by atoms with Crippen molar-refractivity contribution in [3.05, 3.63) is 119 Å². The SMILES string of the molecule is CC(=O)O[C@]12CO[C@@H]1C[C@@H]1O[Si](C)(C)C[Si](C)(C)O[C@H]3C(=O)[C@@]1(C)C2C(OC(=O)c1ccccc1)[C@]1(O)C[C@@H](OC(=O)[C@@H](C)[C@@H](NC(=O)c2ccccc2)c2ccccc2)C(C)=C3C1(C)C. The highest BCUT2D eigenvalue weighted by Gasteiger charge is 2.79. The molecule has 0 aromatic heterocycles. The fraction of sp³-hybridized carbons (Fsp3) is 0.510. The molecule has 66 heavy (non-hydrogen) atoms. The summed E-state index contributed by atoms with van der Waals surface area (Å²) in [5.41, 5.74) is -3.80. The third kappa shape index (κ3) is 8.02. The highest BCUT2D eigenvalue weighted by atomic mass is 28.4. The van der Waals surface area contributed by atoms with Gasteiger partial charge in [-0.15, -0.1) is 0 Å². The minimum Gasteiger partial charge on any atom is -0.457 e. The lowest BCUT2D eigenvalue weighted by molar-refractivity contribution is -0.344. The fourth-order valence-corrected chi connectivity index (χ4v) is 23.0. The van der Waals surface area contributed by atoms with E-state index in [1.165, 1.54) is 6.92 Å². The Bertz CT molecular complexity index is 2430. The van der Waals surface area contributed by atoms with Crippen LogP contribution in [-0.4, -0.2) is 99.7 Å². The van der Waals surface area contributed by atoms with E-state index in [2.05, 4.69) is 31.5 Å². The summed E-state index contributed by atoms with van der Waals surface area (Å²) in [6.45, 7) is 18.4. The van der Waals surface area contributed by atoms with E-state index in [1.54, 1.807) is 75.4 Å².